The van der Waals surface area contributed by atoms with Crippen LogP contribution >= 0.6 is 23.4 Å². The Morgan fingerprint density at radius 1 is 1.03 bits per heavy atom. The Hall–Kier alpha value is -3.75. The summed E-state index contributed by atoms with van der Waals surface area (Å²) in [6.07, 6.45) is 1.60. The number of thioether (sulfide) groups is 1. The summed E-state index contributed by atoms with van der Waals surface area (Å²) in [6.45, 7) is 2.07. The molecule has 1 aliphatic rings. The zero-order valence-electron chi connectivity index (χ0n) is 19.4. The maximum absolute atomic E-state index is 12.7. The van der Waals surface area contributed by atoms with Gasteiger partial charge in [-0.2, -0.15) is 0 Å². The lowest BCUT2D eigenvalue weighted by molar-refractivity contribution is -0.123. The number of hydrogen-bond donors (Lipinski definition) is 1. The van der Waals surface area contributed by atoms with Crippen molar-refractivity contribution in [2.24, 2.45) is 0 Å². The van der Waals surface area contributed by atoms with Crippen LogP contribution in [-0.2, 0) is 9.59 Å². The second-order valence-corrected chi connectivity index (χ2v) is 9.29. The number of carbonyl (C=O) groups is 3. The van der Waals surface area contributed by atoms with Crippen molar-refractivity contribution in [2.75, 3.05) is 25.1 Å². The summed E-state index contributed by atoms with van der Waals surface area (Å²) in [5.41, 5.74) is 2.35. The Labute approximate surface area is 218 Å². The van der Waals surface area contributed by atoms with Crippen LogP contribution in [0, 0.1) is 6.92 Å². The van der Waals surface area contributed by atoms with Gasteiger partial charge in [0.1, 0.15) is 18.1 Å². The lowest BCUT2D eigenvalue weighted by atomic mass is 10.2. The van der Waals surface area contributed by atoms with E-state index in [2.05, 4.69) is 5.32 Å². The Balaban J connectivity index is 1.32. The maximum atomic E-state index is 12.7. The molecule has 0 radical (unpaired) electrons. The average molecular weight is 523 g/mol. The molecule has 1 saturated heterocycles. The fourth-order valence-corrected chi connectivity index (χ4v) is 4.51. The average Bonchev–Trinajstić information content (AvgIpc) is 3.11. The predicted octanol–water partition coefficient (Wildman–Crippen LogP) is 5.78. The van der Waals surface area contributed by atoms with Gasteiger partial charge in [-0.15, -0.1) is 0 Å². The van der Waals surface area contributed by atoms with Crippen LogP contribution in [0.2, 0.25) is 5.02 Å². The van der Waals surface area contributed by atoms with Crippen molar-refractivity contribution < 1.29 is 23.9 Å². The molecule has 1 heterocycles. The highest BCUT2D eigenvalue weighted by Gasteiger charge is 2.34. The SMILES string of the molecule is Cc1cccc(NC(=O)COc2ccc(/C=C3\SC(=O)N(CCOc4ccccc4)C3=O)cc2Cl)c1. The lowest BCUT2D eigenvalue weighted by Gasteiger charge is -2.13. The van der Waals surface area contributed by atoms with Crippen molar-refractivity contribution in [1.82, 2.24) is 4.90 Å². The summed E-state index contributed by atoms with van der Waals surface area (Å²) in [6, 6.07) is 21.6. The van der Waals surface area contributed by atoms with Crippen molar-refractivity contribution in [3.8, 4) is 11.5 Å². The first-order chi connectivity index (χ1) is 17.4. The highest BCUT2D eigenvalue weighted by molar-refractivity contribution is 8.18. The molecule has 1 fully saturated rings. The van der Waals surface area contributed by atoms with Crippen LogP contribution in [0.4, 0.5) is 10.5 Å². The van der Waals surface area contributed by atoms with Gasteiger partial charge in [0.25, 0.3) is 17.1 Å². The molecule has 0 spiro atoms. The highest BCUT2D eigenvalue weighted by atomic mass is 35.5. The summed E-state index contributed by atoms with van der Waals surface area (Å²) in [4.78, 5) is 38.7. The fourth-order valence-electron chi connectivity index (χ4n) is 3.40. The molecule has 3 amide bonds. The Bertz CT molecular complexity index is 1310. The molecule has 1 aliphatic heterocycles. The summed E-state index contributed by atoms with van der Waals surface area (Å²) < 4.78 is 11.1. The Morgan fingerprint density at radius 2 is 1.83 bits per heavy atom. The summed E-state index contributed by atoms with van der Waals surface area (Å²) in [5.74, 6) is 0.306. The van der Waals surface area contributed by atoms with Gasteiger partial charge in [-0.1, -0.05) is 48.0 Å². The summed E-state index contributed by atoms with van der Waals surface area (Å²) in [7, 11) is 0. The third kappa shape index (κ3) is 6.68. The van der Waals surface area contributed by atoms with Gasteiger partial charge in [0.15, 0.2) is 6.61 Å². The number of imide groups is 1. The minimum absolute atomic E-state index is 0.148. The first-order valence-electron chi connectivity index (χ1n) is 11.1. The zero-order chi connectivity index (χ0) is 25.5. The van der Waals surface area contributed by atoms with Crippen molar-refractivity contribution >= 4 is 52.2 Å². The molecule has 36 heavy (non-hydrogen) atoms. The van der Waals surface area contributed by atoms with Crippen LogP contribution in [0.1, 0.15) is 11.1 Å². The number of nitrogens with one attached hydrogen (secondary N) is 1. The minimum atomic E-state index is -0.383. The van der Waals surface area contributed by atoms with Crippen LogP contribution in [0.3, 0.4) is 0 Å². The number of hydrogen-bond acceptors (Lipinski definition) is 6. The molecule has 3 aromatic rings. The molecule has 184 valence electrons. The third-order valence-corrected chi connectivity index (χ3v) is 6.32. The molecule has 9 heteroatoms. The van der Waals surface area contributed by atoms with Crippen molar-refractivity contribution in [2.45, 2.75) is 6.92 Å². The van der Waals surface area contributed by atoms with E-state index in [1.165, 1.54) is 0 Å². The van der Waals surface area contributed by atoms with Gasteiger partial charge in [0.2, 0.25) is 0 Å². The van der Waals surface area contributed by atoms with E-state index in [0.717, 1.165) is 22.2 Å². The number of rotatable bonds is 9. The largest absolute Gasteiger partial charge is 0.492 e. The standard InChI is InChI=1S/C27H23ClN2O5S/c1-18-6-5-7-20(14-18)29-25(31)17-35-23-11-10-19(15-22(23)28)16-24-26(32)30(27(33)36-24)12-13-34-21-8-3-2-4-9-21/h2-11,14-16H,12-13,17H2,1H3,(H,29,31)/b24-16-. The number of carbonyl (C=O) groups excluding carboxylic acids is 3. The number of anilines is 1. The van der Waals surface area contributed by atoms with E-state index in [-0.39, 0.29) is 41.8 Å². The molecule has 0 saturated carbocycles. The topological polar surface area (TPSA) is 84.9 Å². The van der Waals surface area contributed by atoms with Crippen LogP contribution in [0.25, 0.3) is 6.08 Å². The quantitative estimate of drug-likeness (QED) is 0.358. The van der Waals surface area contributed by atoms with Crippen molar-refractivity contribution in [1.29, 1.82) is 0 Å². The van der Waals surface area contributed by atoms with E-state index in [9.17, 15) is 14.4 Å². The number of para-hydroxylation sites is 1. The maximum Gasteiger partial charge on any atom is 0.293 e. The second kappa shape index (κ2) is 11.8. The predicted molar refractivity (Wildman–Crippen MR) is 141 cm³/mol. The van der Waals surface area contributed by atoms with E-state index in [4.69, 9.17) is 21.1 Å². The number of halogens is 1. The number of amides is 3. The molecule has 4 rings (SSSR count). The molecule has 0 atom stereocenters. The molecule has 1 N–H and O–H groups in total. The van der Waals surface area contributed by atoms with Crippen molar-refractivity contribution in [3.05, 3.63) is 93.9 Å². The fraction of sp³-hybridized carbons (Fsp3) is 0.148. The van der Waals surface area contributed by atoms with Crippen molar-refractivity contribution in [3.63, 3.8) is 0 Å². The molecule has 0 bridgehead atoms. The third-order valence-electron chi connectivity index (χ3n) is 5.11. The summed E-state index contributed by atoms with van der Waals surface area (Å²) >= 11 is 7.19. The van der Waals surface area contributed by atoms with Crippen LogP contribution in [0.15, 0.2) is 77.7 Å². The second-order valence-electron chi connectivity index (χ2n) is 7.89. The first-order valence-corrected chi connectivity index (χ1v) is 12.3. The molecule has 0 unspecified atom stereocenters. The van der Waals surface area contributed by atoms with Gasteiger partial charge in [-0.3, -0.25) is 19.3 Å². The smallest absolute Gasteiger partial charge is 0.293 e. The molecule has 3 aromatic carbocycles. The van der Waals surface area contributed by atoms with E-state index in [0.29, 0.717) is 27.7 Å². The zero-order valence-corrected chi connectivity index (χ0v) is 21.0. The van der Waals surface area contributed by atoms with Crippen LogP contribution in [-0.4, -0.2) is 41.7 Å². The minimum Gasteiger partial charge on any atom is -0.492 e. The van der Waals surface area contributed by atoms with Gasteiger partial charge in [0.05, 0.1) is 16.5 Å². The van der Waals surface area contributed by atoms with Crippen LogP contribution < -0.4 is 14.8 Å². The normalized spacial score (nSPS) is 14.3. The lowest BCUT2D eigenvalue weighted by Crippen LogP contribution is -2.32. The highest BCUT2D eigenvalue weighted by Crippen LogP contribution is 2.33. The van der Waals surface area contributed by atoms with E-state index in [1.807, 2.05) is 43.3 Å². The number of nitrogens with zero attached hydrogens (tertiary/aromatic N) is 1. The monoisotopic (exact) mass is 522 g/mol. The molecular weight excluding hydrogens is 500 g/mol. The van der Waals surface area contributed by atoms with E-state index >= 15 is 0 Å². The summed E-state index contributed by atoms with van der Waals surface area (Å²) in [5, 5.41) is 2.69. The first kappa shape index (κ1) is 25.3. The number of aryl methyl sites for hydroxylation is 1. The van der Waals surface area contributed by atoms with Gasteiger partial charge in [-0.05, 0) is 72.3 Å². The number of ether oxygens (including phenoxy) is 2. The van der Waals surface area contributed by atoms with Crippen LogP contribution in [0.5, 0.6) is 11.5 Å². The van der Waals surface area contributed by atoms with Gasteiger partial charge in [0, 0.05) is 5.69 Å². The molecule has 0 aliphatic carbocycles. The Kier molecular flexibility index (Phi) is 8.30. The number of benzene rings is 3. The van der Waals surface area contributed by atoms with E-state index in [1.54, 1.807) is 42.5 Å². The molecule has 0 aromatic heterocycles. The van der Waals surface area contributed by atoms with Gasteiger partial charge in [-0.25, -0.2) is 0 Å². The van der Waals surface area contributed by atoms with Gasteiger partial charge >= 0.3 is 0 Å². The molecule has 7 nitrogen and oxygen atoms in total. The molecular formula is C27H23ClN2O5S. The van der Waals surface area contributed by atoms with Gasteiger partial charge < -0.3 is 14.8 Å². The van der Waals surface area contributed by atoms with E-state index < -0.39 is 0 Å². The Morgan fingerprint density at radius 3 is 2.58 bits per heavy atom.